The van der Waals surface area contributed by atoms with Gasteiger partial charge in [0.15, 0.2) is 11.3 Å². The smallest absolute Gasteiger partial charge is 0.197 e. The molecule has 2 heterocycles. The predicted octanol–water partition coefficient (Wildman–Crippen LogP) is 1.56. The highest BCUT2D eigenvalue weighted by Crippen LogP contribution is 2.12. The summed E-state index contributed by atoms with van der Waals surface area (Å²) in [6, 6.07) is 0. The molecular formula is C9H13N5. The molecule has 0 saturated carbocycles. The van der Waals surface area contributed by atoms with Gasteiger partial charge in [-0.3, -0.25) is 0 Å². The Morgan fingerprint density at radius 2 is 2.07 bits per heavy atom. The number of aromatic nitrogens is 4. The quantitative estimate of drug-likeness (QED) is 0.718. The lowest BCUT2D eigenvalue weighted by atomic mass is 10.1. The fraction of sp³-hybridized carbons (Fsp3) is 0.444. The second kappa shape index (κ2) is 2.94. The number of fused-ring (bicyclic) bond motifs is 1. The molecule has 0 aliphatic heterocycles. The fourth-order valence-electron chi connectivity index (χ4n) is 1.17. The highest BCUT2D eigenvalue weighted by molar-refractivity contribution is 5.66. The largest absolute Gasteiger partial charge is 0.364 e. The number of hydrogen-bond donors (Lipinski definition) is 2. The van der Waals surface area contributed by atoms with Crippen LogP contribution in [0.2, 0.25) is 0 Å². The van der Waals surface area contributed by atoms with Gasteiger partial charge in [0.25, 0.3) is 0 Å². The van der Waals surface area contributed by atoms with E-state index in [-0.39, 0.29) is 5.54 Å². The minimum Gasteiger partial charge on any atom is -0.364 e. The standard InChI is InChI=1S/C9H13N5/c1-9(2,3)14-6-4-10-7-8(13-6)12-5-11-7/h4-5H,1-3H3,(H2,10,11,12,13,14). The Morgan fingerprint density at radius 1 is 1.29 bits per heavy atom. The highest BCUT2D eigenvalue weighted by atomic mass is 15.1. The summed E-state index contributed by atoms with van der Waals surface area (Å²) in [6.45, 7) is 6.23. The van der Waals surface area contributed by atoms with Crippen LogP contribution in [-0.2, 0) is 0 Å². The first-order valence-electron chi connectivity index (χ1n) is 4.49. The van der Waals surface area contributed by atoms with Crippen LogP contribution in [0.1, 0.15) is 20.8 Å². The number of anilines is 1. The zero-order valence-corrected chi connectivity index (χ0v) is 8.50. The summed E-state index contributed by atoms with van der Waals surface area (Å²) in [4.78, 5) is 15.4. The summed E-state index contributed by atoms with van der Waals surface area (Å²) >= 11 is 0. The summed E-state index contributed by atoms with van der Waals surface area (Å²) in [5, 5.41) is 3.24. The van der Waals surface area contributed by atoms with Gasteiger partial charge in [0.2, 0.25) is 0 Å². The molecule has 0 saturated heterocycles. The average molecular weight is 191 g/mol. The van der Waals surface area contributed by atoms with E-state index in [0.717, 1.165) is 5.82 Å². The number of nitrogens with zero attached hydrogens (tertiary/aromatic N) is 3. The van der Waals surface area contributed by atoms with Gasteiger partial charge < -0.3 is 10.3 Å². The third-order valence-corrected chi connectivity index (χ3v) is 1.64. The molecule has 2 rings (SSSR count). The van der Waals surface area contributed by atoms with Crippen LogP contribution in [0.4, 0.5) is 5.82 Å². The van der Waals surface area contributed by atoms with E-state index < -0.39 is 0 Å². The normalized spacial score (nSPS) is 11.9. The molecule has 74 valence electrons. The lowest BCUT2D eigenvalue weighted by molar-refractivity contribution is 0.630. The SMILES string of the molecule is CC(C)(C)Nc1cnc2nc[nH]c2n1. The molecule has 5 heteroatoms. The Morgan fingerprint density at radius 3 is 2.79 bits per heavy atom. The molecule has 0 radical (unpaired) electrons. The second-order valence-electron chi connectivity index (χ2n) is 4.20. The summed E-state index contributed by atoms with van der Waals surface area (Å²) in [6.07, 6.45) is 3.28. The summed E-state index contributed by atoms with van der Waals surface area (Å²) in [5.41, 5.74) is 1.34. The van der Waals surface area contributed by atoms with Gasteiger partial charge >= 0.3 is 0 Å². The van der Waals surface area contributed by atoms with E-state index in [1.165, 1.54) is 0 Å². The monoisotopic (exact) mass is 191 g/mol. The number of nitrogens with one attached hydrogen (secondary N) is 2. The van der Waals surface area contributed by atoms with Gasteiger partial charge in [-0.25, -0.2) is 15.0 Å². The van der Waals surface area contributed by atoms with E-state index in [9.17, 15) is 0 Å². The first-order chi connectivity index (χ1) is 6.54. The molecule has 0 spiro atoms. The van der Waals surface area contributed by atoms with E-state index in [4.69, 9.17) is 0 Å². The molecule has 2 N–H and O–H groups in total. The van der Waals surface area contributed by atoms with Crippen molar-refractivity contribution >= 4 is 17.1 Å². The Bertz CT molecular complexity index is 440. The first-order valence-corrected chi connectivity index (χ1v) is 4.49. The van der Waals surface area contributed by atoms with E-state index >= 15 is 0 Å². The maximum Gasteiger partial charge on any atom is 0.197 e. The van der Waals surface area contributed by atoms with Crippen molar-refractivity contribution < 1.29 is 0 Å². The van der Waals surface area contributed by atoms with Gasteiger partial charge in [0, 0.05) is 5.54 Å². The Balaban J connectivity index is 2.35. The zero-order valence-electron chi connectivity index (χ0n) is 8.50. The predicted molar refractivity (Wildman–Crippen MR) is 55.1 cm³/mol. The molecule has 5 nitrogen and oxygen atoms in total. The maximum absolute atomic E-state index is 4.33. The lowest BCUT2D eigenvalue weighted by Crippen LogP contribution is -2.26. The second-order valence-corrected chi connectivity index (χ2v) is 4.20. The molecule has 2 aromatic rings. The first kappa shape index (κ1) is 8.93. The number of hydrogen-bond acceptors (Lipinski definition) is 4. The van der Waals surface area contributed by atoms with Gasteiger partial charge in [0.1, 0.15) is 5.82 Å². The molecule has 2 aromatic heterocycles. The molecule has 0 aliphatic carbocycles. The molecule has 0 unspecified atom stereocenters. The Labute approximate surface area is 82.0 Å². The van der Waals surface area contributed by atoms with E-state index in [0.29, 0.717) is 11.3 Å². The third-order valence-electron chi connectivity index (χ3n) is 1.64. The van der Waals surface area contributed by atoms with Crippen molar-refractivity contribution in [2.24, 2.45) is 0 Å². The van der Waals surface area contributed by atoms with Gasteiger partial charge in [-0.05, 0) is 20.8 Å². The highest BCUT2D eigenvalue weighted by Gasteiger charge is 2.10. The number of H-pyrrole nitrogens is 1. The molecule has 0 fully saturated rings. The molecule has 0 amide bonds. The van der Waals surface area contributed by atoms with Crippen LogP contribution in [0.25, 0.3) is 11.3 Å². The minimum absolute atomic E-state index is 0.0115. The molecule has 0 bridgehead atoms. The van der Waals surface area contributed by atoms with Crippen LogP contribution in [0, 0.1) is 0 Å². The van der Waals surface area contributed by atoms with Crippen LogP contribution in [0.15, 0.2) is 12.5 Å². The van der Waals surface area contributed by atoms with Gasteiger partial charge in [-0.2, -0.15) is 0 Å². The summed E-state index contributed by atoms with van der Waals surface area (Å²) in [5.74, 6) is 0.759. The number of aromatic amines is 1. The fourth-order valence-corrected chi connectivity index (χ4v) is 1.17. The molecule has 0 aromatic carbocycles. The van der Waals surface area contributed by atoms with Crippen LogP contribution in [0.3, 0.4) is 0 Å². The Hall–Kier alpha value is -1.65. The van der Waals surface area contributed by atoms with Crippen LogP contribution in [-0.4, -0.2) is 25.5 Å². The zero-order chi connectivity index (χ0) is 10.2. The third kappa shape index (κ3) is 1.81. The van der Waals surface area contributed by atoms with Crippen molar-refractivity contribution in [1.82, 2.24) is 19.9 Å². The van der Waals surface area contributed by atoms with Crippen molar-refractivity contribution in [3.05, 3.63) is 12.5 Å². The van der Waals surface area contributed by atoms with Gasteiger partial charge in [-0.15, -0.1) is 0 Å². The van der Waals surface area contributed by atoms with Gasteiger partial charge in [0.05, 0.1) is 12.5 Å². The van der Waals surface area contributed by atoms with Crippen LogP contribution >= 0.6 is 0 Å². The summed E-state index contributed by atoms with van der Waals surface area (Å²) < 4.78 is 0. The van der Waals surface area contributed by atoms with Crippen molar-refractivity contribution in [2.45, 2.75) is 26.3 Å². The lowest BCUT2D eigenvalue weighted by Gasteiger charge is -2.20. The topological polar surface area (TPSA) is 66.5 Å². The van der Waals surface area contributed by atoms with Crippen LogP contribution < -0.4 is 5.32 Å². The number of imidazole rings is 1. The van der Waals surface area contributed by atoms with E-state index in [1.54, 1.807) is 12.5 Å². The van der Waals surface area contributed by atoms with Crippen molar-refractivity contribution in [3.8, 4) is 0 Å². The minimum atomic E-state index is -0.0115. The van der Waals surface area contributed by atoms with E-state index in [2.05, 4.69) is 46.0 Å². The summed E-state index contributed by atoms with van der Waals surface area (Å²) in [7, 11) is 0. The van der Waals surface area contributed by atoms with Crippen molar-refractivity contribution in [1.29, 1.82) is 0 Å². The Kier molecular flexibility index (Phi) is 1.87. The van der Waals surface area contributed by atoms with E-state index in [1.807, 2.05) is 0 Å². The molecule has 14 heavy (non-hydrogen) atoms. The van der Waals surface area contributed by atoms with Crippen molar-refractivity contribution in [2.75, 3.05) is 5.32 Å². The van der Waals surface area contributed by atoms with Crippen molar-refractivity contribution in [3.63, 3.8) is 0 Å². The average Bonchev–Trinajstić information content (AvgIpc) is 2.47. The van der Waals surface area contributed by atoms with Crippen LogP contribution in [0.5, 0.6) is 0 Å². The molecular weight excluding hydrogens is 178 g/mol. The maximum atomic E-state index is 4.33. The molecule has 0 aliphatic rings. The molecule has 0 atom stereocenters. The van der Waals surface area contributed by atoms with Gasteiger partial charge in [-0.1, -0.05) is 0 Å². The number of rotatable bonds is 1.